The van der Waals surface area contributed by atoms with E-state index in [1.54, 1.807) is 0 Å². The van der Waals surface area contributed by atoms with E-state index in [0.717, 1.165) is 12.8 Å². The smallest absolute Gasteiger partial charge is 0.220 e. The van der Waals surface area contributed by atoms with Crippen LogP contribution in [0.4, 0.5) is 0 Å². The fourth-order valence-electron chi connectivity index (χ4n) is 1.69. The summed E-state index contributed by atoms with van der Waals surface area (Å²) in [7, 11) is 0. The lowest BCUT2D eigenvalue weighted by Gasteiger charge is -2.31. The van der Waals surface area contributed by atoms with Gasteiger partial charge in [0.25, 0.3) is 0 Å². The van der Waals surface area contributed by atoms with Crippen LogP contribution in [-0.2, 0) is 4.79 Å². The third-order valence-corrected chi connectivity index (χ3v) is 3.46. The van der Waals surface area contributed by atoms with Gasteiger partial charge in [-0.15, -0.1) is 0 Å². The number of amides is 1. The molecule has 102 valence electrons. The zero-order valence-electron chi connectivity index (χ0n) is 12.8. The van der Waals surface area contributed by atoms with Gasteiger partial charge in [-0.25, -0.2) is 0 Å². The lowest BCUT2D eigenvalue weighted by atomic mass is 9.81. The molecule has 0 radical (unpaired) electrons. The summed E-state index contributed by atoms with van der Waals surface area (Å²) in [5, 5.41) is 3.15. The highest BCUT2D eigenvalue weighted by atomic mass is 16.1. The summed E-state index contributed by atoms with van der Waals surface area (Å²) in [6.07, 6.45) is 4.00. The molecular formula is C15H31NO. The average molecular weight is 241 g/mol. The van der Waals surface area contributed by atoms with Crippen LogP contribution in [0.5, 0.6) is 0 Å². The van der Waals surface area contributed by atoms with Gasteiger partial charge in [0.05, 0.1) is 0 Å². The van der Waals surface area contributed by atoms with E-state index in [4.69, 9.17) is 0 Å². The number of carbonyl (C=O) groups is 1. The largest absolute Gasteiger partial charge is 0.351 e. The highest BCUT2D eigenvalue weighted by Crippen LogP contribution is 2.29. The Kier molecular flexibility index (Phi) is 6.22. The van der Waals surface area contributed by atoms with Crippen molar-refractivity contribution in [3.05, 3.63) is 0 Å². The van der Waals surface area contributed by atoms with Gasteiger partial charge >= 0.3 is 0 Å². The second kappa shape index (κ2) is 6.42. The molecule has 2 nitrogen and oxygen atoms in total. The Morgan fingerprint density at radius 3 is 2.06 bits per heavy atom. The minimum Gasteiger partial charge on any atom is -0.351 e. The Hall–Kier alpha value is -0.530. The van der Waals surface area contributed by atoms with Crippen LogP contribution in [0.15, 0.2) is 0 Å². The maximum absolute atomic E-state index is 11.8. The fourth-order valence-corrected chi connectivity index (χ4v) is 1.69. The van der Waals surface area contributed by atoms with E-state index in [1.807, 2.05) is 0 Å². The molecule has 17 heavy (non-hydrogen) atoms. The van der Waals surface area contributed by atoms with Crippen LogP contribution >= 0.6 is 0 Å². The monoisotopic (exact) mass is 241 g/mol. The summed E-state index contributed by atoms with van der Waals surface area (Å²) in [6, 6.07) is 0. The first-order chi connectivity index (χ1) is 7.58. The molecule has 0 saturated heterocycles. The summed E-state index contributed by atoms with van der Waals surface area (Å²) >= 11 is 0. The van der Waals surface area contributed by atoms with Crippen molar-refractivity contribution in [3.8, 4) is 0 Å². The summed E-state index contributed by atoms with van der Waals surface area (Å²) in [4.78, 5) is 11.8. The number of carbonyl (C=O) groups excluding carboxylic acids is 1. The first-order valence-corrected chi connectivity index (χ1v) is 6.89. The molecule has 0 aromatic heterocycles. The molecule has 0 fully saturated rings. The maximum atomic E-state index is 11.8. The quantitative estimate of drug-likeness (QED) is 0.713. The fraction of sp³-hybridized carbons (Fsp3) is 0.933. The molecule has 0 atom stereocenters. The minimum atomic E-state index is -0.0849. The van der Waals surface area contributed by atoms with Gasteiger partial charge in [0.1, 0.15) is 0 Å². The van der Waals surface area contributed by atoms with Crippen molar-refractivity contribution in [2.75, 3.05) is 0 Å². The molecule has 0 aromatic carbocycles. The van der Waals surface area contributed by atoms with E-state index in [2.05, 4.69) is 53.8 Å². The Morgan fingerprint density at radius 2 is 1.65 bits per heavy atom. The highest BCUT2D eigenvalue weighted by molar-refractivity contribution is 5.76. The van der Waals surface area contributed by atoms with Crippen molar-refractivity contribution in [1.29, 1.82) is 0 Å². The number of rotatable bonds is 7. The van der Waals surface area contributed by atoms with E-state index in [-0.39, 0.29) is 11.4 Å². The van der Waals surface area contributed by atoms with Crippen LogP contribution in [0, 0.1) is 11.3 Å². The molecule has 0 unspecified atom stereocenters. The van der Waals surface area contributed by atoms with Gasteiger partial charge in [-0.3, -0.25) is 4.79 Å². The average Bonchev–Trinajstić information content (AvgIpc) is 2.13. The second-order valence-electron chi connectivity index (χ2n) is 7.05. The molecule has 1 N–H and O–H groups in total. The molecule has 2 heteroatoms. The van der Waals surface area contributed by atoms with Gasteiger partial charge in [-0.2, -0.15) is 0 Å². The first kappa shape index (κ1) is 16.5. The van der Waals surface area contributed by atoms with Crippen molar-refractivity contribution in [3.63, 3.8) is 0 Å². The van der Waals surface area contributed by atoms with Crippen LogP contribution in [-0.4, -0.2) is 11.4 Å². The molecule has 0 heterocycles. The van der Waals surface area contributed by atoms with Crippen LogP contribution in [0.25, 0.3) is 0 Å². The van der Waals surface area contributed by atoms with E-state index in [1.165, 1.54) is 6.42 Å². The summed E-state index contributed by atoms with van der Waals surface area (Å²) in [5.74, 6) is 0.609. The van der Waals surface area contributed by atoms with E-state index in [0.29, 0.717) is 17.8 Å². The van der Waals surface area contributed by atoms with Crippen LogP contribution < -0.4 is 5.32 Å². The zero-order valence-corrected chi connectivity index (χ0v) is 12.8. The van der Waals surface area contributed by atoms with E-state index >= 15 is 0 Å². The molecule has 0 spiro atoms. The Labute approximate surface area is 108 Å². The predicted octanol–water partition coefficient (Wildman–Crippen LogP) is 4.14. The molecule has 1 amide bonds. The summed E-state index contributed by atoms with van der Waals surface area (Å²) in [5.41, 5.74) is 0.290. The van der Waals surface area contributed by atoms with E-state index in [9.17, 15) is 4.79 Å². The third-order valence-electron chi connectivity index (χ3n) is 3.46. The Morgan fingerprint density at radius 1 is 1.12 bits per heavy atom. The van der Waals surface area contributed by atoms with Crippen molar-refractivity contribution in [1.82, 2.24) is 5.32 Å². The van der Waals surface area contributed by atoms with Gasteiger partial charge in [0.2, 0.25) is 5.91 Å². The molecule has 0 aliphatic heterocycles. The topological polar surface area (TPSA) is 29.1 Å². The van der Waals surface area contributed by atoms with Gasteiger partial charge in [0.15, 0.2) is 0 Å². The third kappa shape index (κ3) is 8.23. The number of hydrogen-bond acceptors (Lipinski definition) is 1. The van der Waals surface area contributed by atoms with E-state index < -0.39 is 0 Å². The molecule has 0 rings (SSSR count). The molecule has 0 bridgehead atoms. The van der Waals surface area contributed by atoms with Crippen LogP contribution in [0.2, 0.25) is 0 Å². The molecular weight excluding hydrogens is 210 g/mol. The Balaban J connectivity index is 4.16. The van der Waals surface area contributed by atoms with Crippen molar-refractivity contribution < 1.29 is 4.79 Å². The summed E-state index contributed by atoms with van der Waals surface area (Å²) < 4.78 is 0. The van der Waals surface area contributed by atoms with Gasteiger partial charge < -0.3 is 5.32 Å². The van der Waals surface area contributed by atoms with Crippen LogP contribution in [0.1, 0.15) is 74.1 Å². The first-order valence-electron chi connectivity index (χ1n) is 6.89. The Bertz CT molecular complexity index is 241. The lowest BCUT2D eigenvalue weighted by molar-refractivity contribution is -0.123. The normalized spacial score (nSPS) is 12.9. The lowest BCUT2D eigenvalue weighted by Crippen LogP contribution is -2.44. The molecule has 0 aliphatic carbocycles. The SMILES string of the molecule is CCC(C)(C)CCC(C)(C)NC(=O)CC(C)C. The second-order valence-corrected chi connectivity index (χ2v) is 7.05. The predicted molar refractivity (Wildman–Crippen MR) is 75.0 cm³/mol. The van der Waals surface area contributed by atoms with Gasteiger partial charge in [-0.05, 0) is 38.0 Å². The number of nitrogens with one attached hydrogen (secondary N) is 1. The number of hydrogen-bond donors (Lipinski definition) is 1. The molecule has 0 saturated carbocycles. The standard InChI is InChI=1S/C15H31NO/c1-8-14(4,5)9-10-15(6,7)16-13(17)11-12(2)3/h12H,8-11H2,1-7H3,(H,16,17). The van der Waals surface area contributed by atoms with Gasteiger partial charge in [0, 0.05) is 12.0 Å². The molecule has 0 aromatic rings. The zero-order chi connectivity index (χ0) is 13.7. The minimum absolute atomic E-state index is 0.0849. The van der Waals surface area contributed by atoms with Gasteiger partial charge in [-0.1, -0.05) is 41.0 Å². The summed E-state index contributed by atoms with van der Waals surface area (Å²) in [6.45, 7) is 15.2. The van der Waals surface area contributed by atoms with Crippen molar-refractivity contribution in [2.45, 2.75) is 79.7 Å². The maximum Gasteiger partial charge on any atom is 0.220 e. The van der Waals surface area contributed by atoms with Crippen molar-refractivity contribution >= 4 is 5.91 Å². The molecule has 0 aliphatic rings. The van der Waals surface area contributed by atoms with Crippen molar-refractivity contribution in [2.24, 2.45) is 11.3 Å². The highest BCUT2D eigenvalue weighted by Gasteiger charge is 2.24. The van der Waals surface area contributed by atoms with Crippen LogP contribution in [0.3, 0.4) is 0 Å².